The maximum absolute atomic E-state index is 11.2. The molecule has 1 aliphatic rings. The summed E-state index contributed by atoms with van der Waals surface area (Å²) in [4.78, 5) is 11.2. The Morgan fingerprint density at radius 3 is 2.50 bits per heavy atom. The fourth-order valence-corrected chi connectivity index (χ4v) is 2.48. The molecule has 1 fully saturated rings. The molecule has 1 amide bonds. The molecule has 0 radical (unpaired) electrons. The molecule has 4 heteroatoms. The van der Waals surface area contributed by atoms with E-state index in [-0.39, 0.29) is 11.7 Å². The molecule has 4 nitrogen and oxygen atoms in total. The summed E-state index contributed by atoms with van der Waals surface area (Å²) in [6.07, 6.45) is 4.31. The van der Waals surface area contributed by atoms with E-state index < -0.39 is 5.91 Å². The predicted octanol–water partition coefficient (Wildman–Crippen LogP) is 1.73. The molecule has 86 valence electrons. The Kier molecular flexibility index (Phi) is 2.73. The van der Waals surface area contributed by atoms with Gasteiger partial charge in [0.05, 0.1) is 11.3 Å². The van der Waals surface area contributed by atoms with Crippen LogP contribution in [0.3, 0.4) is 0 Å². The summed E-state index contributed by atoms with van der Waals surface area (Å²) < 4.78 is 0. The third kappa shape index (κ3) is 1.71. The lowest BCUT2D eigenvalue weighted by atomic mass is 9.92. The maximum Gasteiger partial charge on any atom is 0.250 e. The monoisotopic (exact) mass is 220 g/mol. The normalized spacial score (nSPS) is 16.5. The van der Waals surface area contributed by atoms with Crippen LogP contribution in [0.1, 0.15) is 47.5 Å². The Labute approximate surface area is 94.3 Å². The van der Waals surface area contributed by atoms with Crippen molar-refractivity contribution in [3.63, 3.8) is 0 Å². The molecule has 1 aromatic carbocycles. The number of primary amides is 1. The van der Waals surface area contributed by atoms with E-state index >= 15 is 0 Å². The third-order valence-electron chi connectivity index (χ3n) is 3.29. The van der Waals surface area contributed by atoms with Gasteiger partial charge in [0.15, 0.2) is 0 Å². The number of benzene rings is 1. The van der Waals surface area contributed by atoms with Crippen LogP contribution in [0.25, 0.3) is 0 Å². The molecule has 0 atom stereocenters. The highest BCUT2D eigenvalue weighted by Gasteiger charge is 2.24. The minimum absolute atomic E-state index is 0.175. The molecule has 0 aromatic heterocycles. The van der Waals surface area contributed by atoms with Gasteiger partial charge in [-0.25, -0.2) is 0 Å². The Morgan fingerprint density at radius 1 is 1.31 bits per heavy atom. The van der Waals surface area contributed by atoms with E-state index in [1.807, 2.05) is 0 Å². The van der Waals surface area contributed by atoms with Crippen LogP contribution >= 0.6 is 0 Å². The lowest BCUT2D eigenvalue weighted by molar-refractivity contribution is 0.100. The van der Waals surface area contributed by atoms with Gasteiger partial charge in [0.1, 0.15) is 5.75 Å². The van der Waals surface area contributed by atoms with Crippen LogP contribution in [-0.2, 0) is 0 Å². The third-order valence-corrected chi connectivity index (χ3v) is 3.29. The molecule has 0 saturated heterocycles. The topological polar surface area (TPSA) is 89.3 Å². The highest BCUT2D eigenvalue weighted by atomic mass is 16.3. The molecular weight excluding hydrogens is 204 g/mol. The van der Waals surface area contributed by atoms with Gasteiger partial charge in [-0.2, -0.15) is 0 Å². The van der Waals surface area contributed by atoms with Gasteiger partial charge in [-0.15, -0.1) is 0 Å². The summed E-state index contributed by atoms with van der Waals surface area (Å²) in [5, 5.41) is 9.83. The molecule has 1 aromatic rings. The summed E-state index contributed by atoms with van der Waals surface area (Å²) in [5.41, 5.74) is 12.5. The quantitative estimate of drug-likeness (QED) is 0.663. The Hall–Kier alpha value is -1.71. The van der Waals surface area contributed by atoms with E-state index in [0.29, 0.717) is 16.8 Å². The van der Waals surface area contributed by atoms with Gasteiger partial charge in [-0.3, -0.25) is 4.79 Å². The van der Waals surface area contributed by atoms with Crippen molar-refractivity contribution in [3.05, 3.63) is 23.3 Å². The van der Waals surface area contributed by atoms with Crippen molar-refractivity contribution in [2.45, 2.75) is 31.6 Å². The zero-order valence-corrected chi connectivity index (χ0v) is 9.07. The maximum atomic E-state index is 11.2. The van der Waals surface area contributed by atoms with E-state index in [0.717, 1.165) is 25.7 Å². The number of aromatic hydroxyl groups is 1. The molecule has 1 aliphatic carbocycles. The zero-order valence-electron chi connectivity index (χ0n) is 9.07. The SMILES string of the molecule is NC(=O)c1ccc(O)c(C2CCCC2)c1N. The van der Waals surface area contributed by atoms with E-state index in [4.69, 9.17) is 11.5 Å². The second kappa shape index (κ2) is 4.04. The Bertz CT molecular complexity index is 423. The van der Waals surface area contributed by atoms with Gasteiger partial charge in [0, 0.05) is 5.56 Å². The molecule has 0 heterocycles. The Morgan fingerprint density at radius 2 is 1.94 bits per heavy atom. The largest absolute Gasteiger partial charge is 0.508 e. The van der Waals surface area contributed by atoms with Gasteiger partial charge in [0.2, 0.25) is 0 Å². The van der Waals surface area contributed by atoms with Crippen molar-refractivity contribution in [3.8, 4) is 5.75 Å². The van der Waals surface area contributed by atoms with Crippen molar-refractivity contribution in [2.75, 3.05) is 5.73 Å². The van der Waals surface area contributed by atoms with Crippen molar-refractivity contribution in [1.82, 2.24) is 0 Å². The minimum atomic E-state index is -0.545. The number of nitrogen functional groups attached to an aromatic ring is 1. The molecule has 0 aliphatic heterocycles. The molecule has 1 saturated carbocycles. The van der Waals surface area contributed by atoms with E-state index in [9.17, 15) is 9.90 Å². The number of hydrogen-bond donors (Lipinski definition) is 3. The number of phenols is 1. The second-order valence-corrected chi connectivity index (χ2v) is 4.31. The summed E-state index contributed by atoms with van der Waals surface area (Å²) in [7, 11) is 0. The number of rotatable bonds is 2. The summed E-state index contributed by atoms with van der Waals surface area (Å²) in [5.74, 6) is -0.106. The van der Waals surface area contributed by atoms with Crippen LogP contribution in [0, 0.1) is 0 Å². The highest BCUT2D eigenvalue weighted by Crippen LogP contribution is 2.42. The average molecular weight is 220 g/mol. The first-order chi connectivity index (χ1) is 7.61. The summed E-state index contributed by atoms with van der Waals surface area (Å²) in [6.45, 7) is 0. The minimum Gasteiger partial charge on any atom is -0.508 e. The van der Waals surface area contributed by atoms with Gasteiger partial charge in [0.25, 0.3) is 5.91 Å². The first kappa shape index (κ1) is 10.8. The van der Waals surface area contributed by atoms with Crippen molar-refractivity contribution in [1.29, 1.82) is 0 Å². The van der Waals surface area contributed by atoms with E-state index in [2.05, 4.69) is 0 Å². The van der Waals surface area contributed by atoms with E-state index in [1.165, 1.54) is 12.1 Å². The lowest BCUT2D eigenvalue weighted by Crippen LogP contribution is -2.15. The number of carbonyl (C=O) groups is 1. The van der Waals surface area contributed by atoms with Crippen molar-refractivity contribution < 1.29 is 9.90 Å². The number of anilines is 1. The second-order valence-electron chi connectivity index (χ2n) is 4.31. The Balaban J connectivity index is 2.49. The van der Waals surface area contributed by atoms with Crippen LogP contribution in [0.5, 0.6) is 5.75 Å². The number of carbonyl (C=O) groups excluding carboxylic acids is 1. The van der Waals surface area contributed by atoms with Crippen LogP contribution in [0.4, 0.5) is 5.69 Å². The van der Waals surface area contributed by atoms with Crippen molar-refractivity contribution >= 4 is 11.6 Å². The molecule has 0 bridgehead atoms. The first-order valence-corrected chi connectivity index (χ1v) is 5.52. The van der Waals surface area contributed by atoms with Gasteiger partial charge >= 0.3 is 0 Å². The molecule has 5 N–H and O–H groups in total. The van der Waals surface area contributed by atoms with Crippen molar-refractivity contribution in [2.24, 2.45) is 5.73 Å². The fourth-order valence-electron chi connectivity index (χ4n) is 2.48. The number of phenolic OH excluding ortho intramolecular Hbond substituents is 1. The lowest BCUT2D eigenvalue weighted by Gasteiger charge is -2.16. The summed E-state index contributed by atoms with van der Waals surface area (Å²) >= 11 is 0. The zero-order chi connectivity index (χ0) is 11.7. The first-order valence-electron chi connectivity index (χ1n) is 5.52. The fraction of sp³-hybridized carbons (Fsp3) is 0.417. The smallest absolute Gasteiger partial charge is 0.250 e. The average Bonchev–Trinajstić information content (AvgIpc) is 2.70. The number of amides is 1. The van der Waals surface area contributed by atoms with Gasteiger partial charge in [-0.1, -0.05) is 12.8 Å². The van der Waals surface area contributed by atoms with E-state index in [1.54, 1.807) is 0 Å². The van der Waals surface area contributed by atoms with Crippen LogP contribution < -0.4 is 11.5 Å². The molecule has 0 unspecified atom stereocenters. The van der Waals surface area contributed by atoms with Crippen LogP contribution in [0.2, 0.25) is 0 Å². The number of nitrogens with two attached hydrogens (primary N) is 2. The summed E-state index contributed by atoms with van der Waals surface area (Å²) in [6, 6.07) is 2.98. The molecule has 0 spiro atoms. The highest BCUT2D eigenvalue weighted by molar-refractivity contribution is 5.99. The van der Waals surface area contributed by atoms with Crippen LogP contribution in [0.15, 0.2) is 12.1 Å². The van der Waals surface area contributed by atoms with Crippen LogP contribution in [-0.4, -0.2) is 11.0 Å². The molecular formula is C12H16N2O2. The predicted molar refractivity (Wildman–Crippen MR) is 62.2 cm³/mol. The molecule has 2 rings (SSSR count). The molecule has 16 heavy (non-hydrogen) atoms. The standard InChI is InChI=1S/C12H16N2O2/c13-11-8(12(14)16)5-6-9(15)10(11)7-3-1-2-4-7/h5-7,15H,1-4,13H2,(H2,14,16). The van der Waals surface area contributed by atoms with Gasteiger partial charge in [-0.05, 0) is 30.9 Å². The van der Waals surface area contributed by atoms with Gasteiger partial charge < -0.3 is 16.6 Å². The number of hydrogen-bond acceptors (Lipinski definition) is 3.